The predicted octanol–water partition coefficient (Wildman–Crippen LogP) is 3.04. The minimum atomic E-state index is -0.811. The van der Waals surface area contributed by atoms with E-state index in [2.05, 4.69) is 12.1 Å². The van der Waals surface area contributed by atoms with Crippen molar-refractivity contribution in [2.75, 3.05) is 19.6 Å². The standard InChI is InChI=1S/C21H30N2O3/c24-20(17-12-13-23(14-17)15-21(25)26)9-3-1-2-7-18-11-10-16-6-4-5-8-19(16)22-18/h10-11,17H,1-9,12-15H2,(H,25,26)/t17-/m0/s1. The maximum absolute atomic E-state index is 12.3. The molecule has 5 heteroatoms. The lowest BCUT2D eigenvalue weighted by Gasteiger charge is -2.15. The third kappa shape index (κ3) is 5.37. The van der Waals surface area contributed by atoms with Gasteiger partial charge in [-0.3, -0.25) is 19.5 Å². The zero-order chi connectivity index (χ0) is 18.4. The zero-order valence-corrected chi connectivity index (χ0v) is 15.6. The van der Waals surface area contributed by atoms with Gasteiger partial charge in [-0.05, 0) is 69.5 Å². The second-order valence-corrected chi connectivity index (χ2v) is 7.76. The number of unbranched alkanes of at least 4 members (excludes halogenated alkanes) is 2. The highest BCUT2D eigenvalue weighted by Crippen LogP contribution is 2.21. The second kappa shape index (κ2) is 9.26. The molecular formula is C21H30N2O3. The summed E-state index contributed by atoms with van der Waals surface area (Å²) in [6.07, 6.45) is 10.3. The summed E-state index contributed by atoms with van der Waals surface area (Å²) in [5, 5.41) is 8.83. The number of nitrogens with zero attached hydrogens (tertiary/aromatic N) is 2. The summed E-state index contributed by atoms with van der Waals surface area (Å²) in [6.45, 7) is 1.40. The van der Waals surface area contributed by atoms with E-state index in [1.54, 1.807) is 0 Å². The Hall–Kier alpha value is -1.75. The van der Waals surface area contributed by atoms with Gasteiger partial charge in [-0.25, -0.2) is 0 Å². The molecule has 1 aliphatic heterocycles. The first kappa shape index (κ1) is 19.0. The third-order valence-corrected chi connectivity index (χ3v) is 5.68. The van der Waals surface area contributed by atoms with E-state index >= 15 is 0 Å². The van der Waals surface area contributed by atoms with Crippen molar-refractivity contribution in [1.29, 1.82) is 0 Å². The Labute approximate surface area is 155 Å². The van der Waals surface area contributed by atoms with Crippen molar-refractivity contribution in [3.63, 3.8) is 0 Å². The van der Waals surface area contributed by atoms with Crippen LogP contribution < -0.4 is 0 Å². The smallest absolute Gasteiger partial charge is 0.317 e. The monoisotopic (exact) mass is 358 g/mol. The van der Waals surface area contributed by atoms with Crippen LogP contribution in [0.2, 0.25) is 0 Å². The number of aliphatic carboxylic acids is 1. The van der Waals surface area contributed by atoms with Crippen LogP contribution in [0.5, 0.6) is 0 Å². The number of carboxylic acids is 1. The number of hydrogen-bond acceptors (Lipinski definition) is 4. The van der Waals surface area contributed by atoms with Gasteiger partial charge in [0.15, 0.2) is 0 Å². The number of pyridine rings is 1. The fourth-order valence-electron chi connectivity index (χ4n) is 4.18. The number of aryl methyl sites for hydroxylation is 3. The number of aromatic nitrogens is 1. The fraction of sp³-hybridized carbons (Fsp3) is 0.667. The van der Waals surface area contributed by atoms with Gasteiger partial charge in [0.1, 0.15) is 5.78 Å². The molecule has 2 heterocycles. The van der Waals surface area contributed by atoms with Gasteiger partial charge in [0, 0.05) is 30.3 Å². The summed E-state index contributed by atoms with van der Waals surface area (Å²) in [4.78, 5) is 29.7. The van der Waals surface area contributed by atoms with Crippen LogP contribution in [0.4, 0.5) is 0 Å². The summed E-state index contributed by atoms with van der Waals surface area (Å²) in [5.74, 6) is -0.463. The minimum Gasteiger partial charge on any atom is -0.480 e. The number of likely N-dealkylation sites (tertiary alicyclic amines) is 1. The zero-order valence-electron chi connectivity index (χ0n) is 15.6. The molecule has 2 aliphatic rings. The largest absolute Gasteiger partial charge is 0.480 e. The molecule has 0 bridgehead atoms. The average molecular weight is 358 g/mol. The van der Waals surface area contributed by atoms with Gasteiger partial charge < -0.3 is 5.11 Å². The molecule has 0 aromatic carbocycles. The molecule has 0 radical (unpaired) electrons. The minimum absolute atomic E-state index is 0.0386. The molecule has 0 amide bonds. The average Bonchev–Trinajstić information content (AvgIpc) is 3.09. The van der Waals surface area contributed by atoms with Crippen LogP contribution in [0.25, 0.3) is 0 Å². The lowest BCUT2D eigenvalue weighted by molar-refractivity contribution is -0.138. The Morgan fingerprint density at radius 1 is 1.15 bits per heavy atom. The second-order valence-electron chi connectivity index (χ2n) is 7.76. The Balaban J connectivity index is 1.32. The summed E-state index contributed by atoms with van der Waals surface area (Å²) in [7, 11) is 0. The lowest BCUT2D eigenvalue weighted by Crippen LogP contribution is -2.28. The number of carbonyl (C=O) groups is 2. The highest BCUT2D eigenvalue weighted by molar-refractivity contribution is 5.81. The van der Waals surface area contributed by atoms with E-state index in [9.17, 15) is 9.59 Å². The van der Waals surface area contributed by atoms with Crippen molar-refractivity contribution < 1.29 is 14.7 Å². The van der Waals surface area contributed by atoms with Gasteiger partial charge in [0.25, 0.3) is 0 Å². The van der Waals surface area contributed by atoms with Crippen molar-refractivity contribution in [1.82, 2.24) is 9.88 Å². The van der Waals surface area contributed by atoms with Crippen molar-refractivity contribution in [2.24, 2.45) is 5.92 Å². The van der Waals surface area contributed by atoms with Crippen molar-refractivity contribution in [2.45, 2.75) is 64.2 Å². The third-order valence-electron chi connectivity index (χ3n) is 5.68. The first-order valence-electron chi connectivity index (χ1n) is 10.1. The quantitative estimate of drug-likeness (QED) is 0.687. The molecule has 1 saturated heterocycles. The Morgan fingerprint density at radius 2 is 2.00 bits per heavy atom. The van der Waals surface area contributed by atoms with Gasteiger partial charge >= 0.3 is 5.97 Å². The van der Waals surface area contributed by atoms with Crippen LogP contribution >= 0.6 is 0 Å². The highest BCUT2D eigenvalue weighted by atomic mass is 16.4. The number of carboxylic acid groups (broad SMARTS) is 1. The van der Waals surface area contributed by atoms with Crippen LogP contribution in [0.3, 0.4) is 0 Å². The Kier molecular flexibility index (Phi) is 6.78. The molecule has 0 spiro atoms. The summed E-state index contributed by atoms with van der Waals surface area (Å²) >= 11 is 0. The van der Waals surface area contributed by atoms with Crippen molar-refractivity contribution in [3.8, 4) is 0 Å². The number of rotatable bonds is 9. The van der Waals surface area contributed by atoms with Crippen LogP contribution in [0, 0.1) is 5.92 Å². The predicted molar refractivity (Wildman–Crippen MR) is 100 cm³/mol. The topological polar surface area (TPSA) is 70.5 Å². The molecule has 3 rings (SSSR count). The van der Waals surface area contributed by atoms with Gasteiger partial charge in [-0.1, -0.05) is 12.5 Å². The summed E-state index contributed by atoms with van der Waals surface area (Å²) in [5.41, 5.74) is 3.92. The maximum Gasteiger partial charge on any atom is 0.317 e. The van der Waals surface area contributed by atoms with Gasteiger partial charge in [-0.2, -0.15) is 0 Å². The number of carbonyl (C=O) groups excluding carboxylic acids is 1. The molecule has 5 nitrogen and oxygen atoms in total. The molecule has 0 saturated carbocycles. The molecule has 142 valence electrons. The lowest BCUT2D eigenvalue weighted by atomic mass is 9.95. The van der Waals surface area contributed by atoms with E-state index in [4.69, 9.17) is 10.1 Å². The number of hydrogen-bond donors (Lipinski definition) is 1. The van der Waals surface area contributed by atoms with E-state index in [0.717, 1.165) is 45.1 Å². The Morgan fingerprint density at radius 3 is 2.85 bits per heavy atom. The molecule has 1 N–H and O–H groups in total. The molecular weight excluding hydrogens is 328 g/mol. The van der Waals surface area contributed by atoms with E-state index < -0.39 is 5.97 Å². The normalized spacial score (nSPS) is 20.1. The highest BCUT2D eigenvalue weighted by Gasteiger charge is 2.28. The Bertz CT molecular complexity index is 644. The van der Waals surface area contributed by atoms with Crippen LogP contribution in [-0.4, -0.2) is 46.4 Å². The van der Waals surface area contributed by atoms with Gasteiger partial charge in [-0.15, -0.1) is 0 Å². The molecule has 0 unspecified atom stereocenters. The van der Waals surface area contributed by atoms with E-state index in [0.29, 0.717) is 18.7 Å². The molecule has 1 fully saturated rings. The maximum atomic E-state index is 12.3. The summed E-state index contributed by atoms with van der Waals surface area (Å²) in [6, 6.07) is 4.42. The van der Waals surface area contributed by atoms with E-state index in [-0.39, 0.29) is 12.5 Å². The number of ketones is 1. The number of Topliss-reactive ketones (excluding diaryl/α,β-unsaturated/α-hetero) is 1. The van der Waals surface area contributed by atoms with Gasteiger partial charge in [0.05, 0.1) is 6.54 Å². The fourth-order valence-corrected chi connectivity index (χ4v) is 4.18. The first-order valence-corrected chi connectivity index (χ1v) is 10.1. The van der Waals surface area contributed by atoms with Crippen LogP contribution in [0.15, 0.2) is 12.1 Å². The molecule has 1 aliphatic carbocycles. The number of fused-ring (bicyclic) bond motifs is 1. The van der Waals surface area contributed by atoms with Crippen LogP contribution in [-0.2, 0) is 28.9 Å². The molecule has 1 aromatic heterocycles. The van der Waals surface area contributed by atoms with Crippen LogP contribution in [0.1, 0.15) is 61.9 Å². The summed E-state index contributed by atoms with van der Waals surface area (Å²) < 4.78 is 0. The van der Waals surface area contributed by atoms with Crippen molar-refractivity contribution >= 4 is 11.8 Å². The van der Waals surface area contributed by atoms with Gasteiger partial charge in [0.2, 0.25) is 0 Å². The van der Waals surface area contributed by atoms with E-state index in [1.807, 2.05) is 4.90 Å². The molecule has 26 heavy (non-hydrogen) atoms. The first-order chi connectivity index (χ1) is 12.6. The van der Waals surface area contributed by atoms with Crippen molar-refractivity contribution in [3.05, 3.63) is 29.1 Å². The van der Waals surface area contributed by atoms with E-state index in [1.165, 1.54) is 36.2 Å². The SMILES string of the molecule is O=C(O)CN1CC[C@H](C(=O)CCCCCc2ccc3c(n2)CCCC3)C1. The molecule has 1 aromatic rings. The molecule has 1 atom stereocenters.